The van der Waals surface area contributed by atoms with Crippen LogP contribution in [0.2, 0.25) is 0 Å². The molecule has 0 aliphatic rings. The molecule has 0 spiro atoms. The lowest BCUT2D eigenvalue weighted by atomic mass is 10.3. The smallest absolute Gasteiger partial charge is 0.343 e. The van der Waals surface area contributed by atoms with Crippen LogP contribution in [-0.4, -0.2) is 30.4 Å². The number of nitrogens with zero attached hydrogens (tertiary/aromatic N) is 2. The lowest BCUT2D eigenvalue weighted by Crippen LogP contribution is -2.06. The Morgan fingerprint density at radius 1 is 1.11 bits per heavy atom. The first-order chi connectivity index (χ1) is 9.26. The van der Waals surface area contributed by atoms with Gasteiger partial charge in [0.05, 0.1) is 20.4 Å². The van der Waals surface area contributed by atoms with Crippen LogP contribution in [0.4, 0.5) is 0 Å². The van der Waals surface area contributed by atoms with Crippen LogP contribution in [0.3, 0.4) is 0 Å². The Balaban J connectivity index is 2.36. The summed E-state index contributed by atoms with van der Waals surface area (Å²) >= 11 is 0. The highest BCUT2D eigenvalue weighted by Crippen LogP contribution is 2.31. The number of benzene rings is 1. The second-order valence-corrected chi connectivity index (χ2v) is 3.49. The minimum Gasteiger partial charge on any atom is -0.493 e. The molecule has 6 heteroatoms. The Labute approximate surface area is 109 Å². The summed E-state index contributed by atoms with van der Waals surface area (Å²) in [7, 11) is 2.82. The average molecular weight is 260 g/mol. The number of rotatable bonds is 4. The van der Waals surface area contributed by atoms with Crippen molar-refractivity contribution in [3.8, 4) is 17.4 Å². The Kier molecular flexibility index (Phi) is 3.92. The molecule has 0 unspecified atom stereocenters. The molecule has 0 saturated carbocycles. The molecule has 0 amide bonds. The first-order valence-electron chi connectivity index (χ1n) is 5.47. The lowest BCUT2D eigenvalue weighted by Gasteiger charge is -2.10. The number of carbonyl (C=O) groups excluding carboxylic acids is 1. The molecule has 6 nitrogen and oxygen atoms in total. The SMILES string of the molecule is COC(=O)c1ccnnc1Oc1ccccc1OC. The van der Waals surface area contributed by atoms with E-state index in [1.807, 2.05) is 6.07 Å². The molecule has 19 heavy (non-hydrogen) atoms. The molecule has 1 aromatic heterocycles. The van der Waals surface area contributed by atoms with Crippen molar-refractivity contribution in [1.82, 2.24) is 10.2 Å². The lowest BCUT2D eigenvalue weighted by molar-refractivity contribution is 0.0596. The van der Waals surface area contributed by atoms with Crippen LogP contribution in [0, 0.1) is 0 Å². The Bertz CT molecular complexity index is 586. The van der Waals surface area contributed by atoms with Gasteiger partial charge in [-0.05, 0) is 18.2 Å². The molecule has 0 bridgehead atoms. The van der Waals surface area contributed by atoms with Gasteiger partial charge in [0.1, 0.15) is 5.56 Å². The predicted molar refractivity (Wildman–Crippen MR) is 66.4 cm³/mol. The van der Waals surface area contributed by atoms with Crippen molar-refractivity contribution in [3.05, 3.63) is 42.1 Å². The number of esters is 1. The van der Waals surface area contributed by atoms with E-state index in [9.17, 15) is 4.79 Å². The van der Waals surface area contributed by atoms with E-state index in [0.717, 1.165) is 0 Å². The van der Waals surface area contributed by atoms with Crippen molar-refractivity contribution in [2.24, 2.45) is 0 Å². The molecule has 0 fully saturated rings. The van der Waals surface area contributed by atoms with E-state index in [2.05, 4.69) is 14.9 Å². The van der Waals surface area contributed by atoms with Crippen LogP contribution >= 0.6 is 0 Å². The zero-order valence-electron chi connectivity index (χ0n) is 10.5. The van der Waals surface area contributed by atoms with Crippen LogP contribution in [-0.2, 0) is 4.74 Å². The summed E-state index contributed by atoms with van der Waals surface area (Å²) in [6, 6.07) is 8.51. The summed E-state index contributed by atoms with van der Waals surface area (Å²) in [5.74, 6) is 0.498. The van der Waals surface area contributed by atoms with Gasteiger partial charge in [-0.25, -0.2) is 4.79 Å². The van der Waals surface area contributed by atoms with Gasteiger partial charge >= 0.3 is 5.97 Å². The van der Waals surface area contributed by atoms with E-state index in [1.54, 1.807) is 18.2 Å². The average Bonchev–Trinajstić information content (AvgIpc) is 2.47. The van der Waals surface area contributed by atoms with E-state index in [4.69, 9.17) is 9.47 Å². The number of carbonyl (C=O) groups is 1. The number of aromatic nitrogens is 2. The van der Waals surface area contributed by atoms with Crippen molar-refractivity contribution >= 4 is 5.97 Å². The largest absolute Gasteiger partial charge is 0.493 e. The van der Waals surface area contributed by atoms with Crippen LogP contribution in [0.15, 0.2) is 36.5 Å². The van der Waals surface area contributed by atoms with E-state index < -0.39 is 5.97 Å². The zero-order valence-corrected chi connectivity index (χ0v) is 10.5. The summed E-state index contributed by atoms with van der Waals surface area (Å²) < 4.78 is 15.4. The maximum atomic E-state index is 11.6. The number of hydrogen-bond donors (Lipinski definition) is 0. The number of ether oxygens (including phenoxy) is 3. The second-order valence-electron chi connectivity index (χ2n) is 3.49. The summed E-state index contributed by atoms with van der Waals surface area (Å²) in [6.45, 7) is 0. The predicted octanol–water partition coefficient (Wildman–Crippen LogP) is 2.06. The van der Waals surface area contributed by atoms with Crippen molar-refractivity contribution in [2.75, 3.05) is 14.2 Å². The van der Waals surface area contributed by atoms with E-state index in [-0.39, 0.29) is 11.4 Å². The second kappa shape index (κ2) is 5.81. The van der Waals surface area contributed by atoms with Gasteiger partial charge in [-0.3, -0.25) is 0 Å². The van der Waals surface area contributed by atoms with E-state index in [1.165, 1.54) is 26.5 Å². The van der Waals surface area contributed by atoms with Crippen LogP contribution in [0.1, 0.15) is 10.4 Å². The number of methoxy groups -OCH3 is 2. The summed E-state index contributed by atoms with van der Waals surface area (Å²) in [5.41, 5.74) is 0.198. The van der Waals surface area contributed by atoms with Gasteiger partial charge in [-0.15, -0.1) is 5.10 Å². The van der Waals surface area contributed by atoms with Crippen molar-refractivity contribution in [3.63, 3.8) is 0 Å². The Morgan fingerprint density at radius 2 is 1.84 bits per heavy atom. The summed E-state index contributed by atoms with van der Waals surface area (Å²) in [5, 5.41) is 7.48. The van der Waals surface area contributed by atoms with Crippen molar-refractivity contribution < 1.29 is 19.0 Å². The van der Waals surface area contributed by atoms with Gasteiger partial charge < -0.3 is 14.2 Å². The molecule has 0 N–H and O–H groups in total. The van der Waals surface area contributed by atoms with Gasteiger partial charge in [0.15, 0.2) is 11.5 Å². The summed E-state index contributed by atoms with van der Waals surface area (Å²) in [6.07, 6.45) is 1.39. The molecular formula is C13H12N2O4. The number of para-hydroxylation sites is 2. The minimum atomic E-state index is -0.542. The van der Waals surface area contributed by atoms with Crippen LogP contribution < -0.4 is 9.47 Å². The standard InChI is InChI=1S/C13H12N2O4/c1-17-10-5-3-4-6-11(10)19-12-9(13(16)18-2)7-8-14-15-12/h3-8H,1-2H3. The molecule has 1 heterocycles. The zero-order chi connectivity index (χ0) is 13.7. The molecular weight excluding hydrogens is 248 g/mol. The molecule has 0 saturated heterocycles. The van der Waals surface area contributed by atoms with Gasteiger partial charge in [0, 0.05) is 0 Å². The monoisotopic (exact) mass is 260 g/mol. The van der Waals surface area contributed by atoms with Gasteiger partial charge in [0.25, 0.3) is 5.88 Å². The Hall–Kier alpha value is -2.63. The maximum Gasteiger partial charge on any atom is 0.343 e. The van der Waals surface area contributed by atoms with Gasteiger partial charge in [-0.1, -0.05) is 12.1 Å². The highest BCUT2D eigenvalue weighted by molar-refractivity contribution is 5.91. The van der Waals surface area contributed by atoms with Crippen LogP contribution in [0.5, 0.6) is 17.4 Å². The third-order valence-corrected chi connectivity index (χ3v) is 2.37. The first-order valence-corrected chi connectivity index (χ1v) is 5.47. The third-order valence-electron chi connectivity index (χ3n) is 2.37. The minimum absolute atomic E-state index is 0.0684. The fourth-order valence-corrected chi connectivity index (χ4v) is 1.47. The molecule has 2 aromatic rings. The Morgan fingerprint density at radius 3 is 2.53 bits per heavy atom. The summed E-state index contributed by atoms with van der Waals surface area (Å²) in [4.78, 5) is 11.6. The maximum absolute atomic E-state index is 11.6. The molecule has 0 aliphatic carbocycles. The normalized spacial score (nSPS) is 9.79. The van der Waals surface area contributed by atoms with Crippen LogP contribution in [0.25, 0.3) is 0 Å². The van der Waals surface area contributed by atoms with Gasteiger partial charge in [0.2, 0.25) is 0 Å². The molecule has 98 valence electrons. The molecule has 2 rings (SSSR count). The van der Waals surface area contributed by atoms with E-state index >= 15 is 0 Å². The van der Waals surface area contributed by atoms with Crippen molar-refractivity contribution in [2.45, 2.75) is 0 Å². The van der Waals surface area contributed by atoms with Gasteiger partial charge in [-0.2, -0.15) is 5.10 Å². The first kappa shape index (κ1) is 12.8. The number of hydrogen-bond acceptors (Lipinski definition) is 6. The topological polar surface area (TPSA) is 70.5 Å². The third kappa shape index (κ3) is 2.79. The molecule has 0 aliphatic heterocycles. The molecule has 1 aromatic carbocycles. The highest BCUT2D eigenvalue weighted by atomic mass is 16.5. The highest BCUT2D eigenvalue weighted by Gasteiger charge is 2.16. The molecule has 0 radical (unpaired) electrons. The molecule has 0 atom stereocenters. The fourth-order valence-electron chi connectivity index (χ4n) is 1.47. The fraction of sp³-hybridized carbons (Fsp3) is 0.154. The van der Waals surface area contributed by atoms with Crippen molar-refractivity contribution in [1.29, 1.82) is 0 Å². The van der Waals surface area contributed by atoms with E-state index in [0.29, 0.717) is 11.5 Å². The quantitative estimate of drug-likeness (QED) is 0.784.